The number of hydrogen-bond donors (Lipinski definition) is 6. The lowest BCUT2D eigenvalue weighted by Gasteiger charge is -2.10. The van der Waals surface area contributed by atoms with Crippen molar-refractivity contribution in [3.05, 3.63) is 49.2 Å². The van der Waals surface area contributed by atoms with Crippen LogP contribution in [-0.2, 0) is 25.3 Å². The molecule has 1 atom stereocenters. The molecule has 1 aromatic heterocycles. The quantitative estimate of drug-likeness (QED) is 0.150. The fourth-order valence-corrected chi connectivity index (χ4v) is 2.32. The van der Waals surface area contributed by atoms with Crippen molar-refractivity contribution in [1.82, 2.24) is 15.6 Å². The van der Waals surface area contributed by atoms with Crippen molar-refractivity contribution in [2.45, 2.75) is 25.8 Å². The highest BCUT2D eigenvalue weighted by molar-refractivity contribution is 7.39. The molecule has 0 spiro atoms. The number of rotatable bonds is 8. The Labute approximate surface area is 183 Å². The van der Waals surface area contributed by atoms with E-state index in [4.69, 9.17) is 15.5 Å². The molecule has 0 aliphatic heterocycles. The van der Waals surface area contributed by atoms with E-state index in [0.29, 0.717) is 12.7 Å². The van der Waals surface area contributed by atoms with Gasteiger partial charge in [-0.25, -0.2) is 0 Å². The Bertz CT molecular complexity index is 769. The van der Waals surface area contributed by atoms with Crippen LogP contribution in [0.2, 0.25) is 0 Å². The number of aldehydes is 1. The molecule has 0 aliphatic rings. The van der Waals surface area contributed by atoms with Crippen molar-refractivity contribution < 1.29 is 28.7 Å². The molecular weight excluding hydrogens is 423 g/mol. The molecule has 0 radical (unpaired) electrons. The van der Waals surface area contributed by atoms with Crippen LogP contribution in [0.15, 0.2) is 43.6 Å². The molecule has 0 saturated carbocycles. The summed E-state index contributed by atoms with van der Waals surface area (Å²) in [4.78, 5) is 49.7. The van der Waals surface area contributed by atoms with Crippen molar-refractivity contribution in [2.24, 2.45) is 5.73 Å². The predicted molar refractivity (Wildman–Crippen MR) is 123 cm³/mol. The summed E-state index contributed by atoms with van der Waals surface area (Å²) in [7, 11) is 1.07. The second-order valence-electron chi connectivity index (χ2n) is 5.65. The lowest BCUT2D eigenvalue weighted by atomic mass is 10.0. The van der Waals surface area contributed by atoms with Crippen LogP contribution in [0.25, 0.3) is 10.9 Å². The van der Waals surface area contributed by atoms with E-state index >= 15 is 0 Å². The minimum atomic E-state index is -2.27. The number of H-pyrrole nitrogens is 1. The van der Waals surface area contributed by atoms with Crippen LogP contribution in [0.5, 0.6) is 0 Å². The third kappa shape index (κ3) is 14.9. The summed E-state index contributed by atoms with van der Waals surface area (Å²) in [6, 6.07) is 7.69. The zero-order valence-corrected chi connectivity index (χ0v) is 19.0. The third-order valence-corrected chi connectivity index (χ3v) is 4.00. The van der Waals surface area contributed by atoms with Crippen molar-refractivity contribution >= 4 is 37.6 Å². The summed E-state index contributed by atoms with van der Waals surface area (Å²) in [5.41, 5.74) is 7.48. The van der Waals surface area contributed by atoms with Gasteiger partial charge in [-0.05, 0) is 25.1 Å². The first-order chi connectivity index (χ1) is 14.8. The maximum absolute atomic E-state index is 11.1. The first-order valence-corrected chi connectivity index (χ1v) is 10.4. The Hall–Kier alpha value is -2.62. The first kappa shape index (κ1) is 30.6. The Morgan fingerprint density at radius 2 is 1.87 bits per heavy atom. The molecule has 0 bridgehead atoms. The average molecular weight is 456 g/mol. The molecule has 174 valence electrons. The van der Waals surface area contributed by atoms with Gasteiger partial charge in [-0.3, -0.25) is 9.59 Å². The van der Waals surface area contributed by atoms with Crippen LogP contribution in [0.4, 0.5) is 0 Å². The van der Waals surface area contributed by atoms with Crippen LogP contribution < -0.4 is 16.4 Å². The van der Waals surface area contributed by atoms with Crippen LogP contribution >= 0.6 is 8.60 Å². The molecule has 1 aromatic carbocycles. The molecule has 0 aliphatic carbocycles. The van der Waals surface area contributed by atoms with E-state index in [9.17, 15) is 14.4 Å². The molecular formula is C20H33N4O6P. The van der Waals surface area contributed by atoms with Gasteiger partial charge in [-0.15, -0.1) is 13.2 Å². The number of benzene rings is 1. The minimum absolute atomic E-state index is 0.00463. The van der Waals surface area contributed by atoms with Crippen molar-refractivity contribution in [3.63, 3.8) is 0 Å². The van der Waals surface area contributed by atoms with E-state index < -0.39 is 8.60 Å². The number of aromatic nitrogens is 1. The van der Waals surface area contributed by atoms with Gasteiger partial charge in [-0.1, -0.05) is 18.2 Å². The summed E-state index contributed by atoms with van der Waals surface area (Å²) >= 11 is 0. The molecule has 11 heteroatoms. The van der Waals surface area contributed by atoms with Crippen LogP contribution in [0.1, 0.15) is 18.9 Å². The van der Waals surface area contributed by atoms with Gasteiger partial charge in [0.05, 0.1) is 12.6 Å². The summed E-state index contributed by atoms with van der Waals surface area (Å²) in [6.07, 6.45) is 3.40. The van der Waals surface area contributed by atoms with Gasteiger partial charge in [-0.2, -0.15) is 0 Å². The maximum atomic E-state index is 11.1. The number of nitrogens with two attached hydrogens (primary N) is 1. The lowest BCUT2D eigenvalue weighted by Crippen LogP contribution is -2.40. The van der Waals surface area contributed by atoms with Crippen molar-refractivity contribution in [1.29, 1.82) is 0 Å². The number of fused-ring (bicyclic) bond motifs is 1. The van der Waals surface area contributed by atoms with Gasteiger partial charge in [0.1, 0.15) is 6.29 Å². The predicted octanol–water partition coefficient (Wildman–Crippen LogP) is 1.14. The zero-order chi connectivity index (χ0) is 24.2. The first-order valence-electron chi connectivity index (χ1n) is 9.21. The molecule has 2 aromatic rings. The van der Waals surface area contributed by atoms with Gasteiger partial charge in [0.25, 0.3) is 0 Å². The minimum Gasteiger partial charge on any atom is -0.368 e. The number of primary amides is 1. The van der Waals surface area contributed by atoms with Gasteiger partial charge < -0.3 is 40.5 Å². The number of carbonyl (C=O) groups is 3. The molecule has 0 fully saturated rings. The Kier molecular flexibility index (Phi) is 19.1. The SMILES string of the molecule is C=C.CNC(C)=O.CN[C@@H](Cc1c[nH]c2ccccc12)C(N)=O.O=CCCOP(O)O. The number of nitrogens with one attached hydrogen (secondary N) is 3. The van der Waals surface area contributed by atoms with E-state index in [1.165, 1.54) is 6.92 Å². The summed E-state index contributed by atoms with van der Waals surface area (Å²) in [5, 5.41) is 6.45. The Morgan fingerprint density at radius 3 is 2.32 bits per heavy atom. The number of amides is 2. The molecule has 0 saturated heterocycles. The van der Waals surface area contributed by atoms with Crippen molar-refractivity contribution in [3.8, 4) is 0 Å². The molecule has 7 N–H and O–H groups in total. The van der Waals surface area contributed by atoms with E-state index in [1.807, 2.05) is 30.5 Å². The molecule has 2 rings (SSSR count). The van der Waals surface area contributed by atoms with Crippen LogP contribution in [-0.4, -0.2) is 59.6 Å². The maximum Gasteiger partial charge on any atom is 0.327 e. The van der Waals surface area contributed by atoms with Gasteiger partial charge in [0.2, 0.25) is 11.8 Å². The molecule has 2 amide bonds. The number of aromatic amines is 1. The normalized spacial score (nSPS) is 10.4. The van der Waals surface area contributed by atoms with Gasteiger partial charge >= 0.3 is 8.60 Å². The second-order valence-corrected chi connectivity index (χ2v) is 6.42. The Morgan fingerprint density at radius 1 is 1.29 bits per heavy atom. The fraction of sp³-hybridized carbons (Fsp3) is 0.350. The standard InChI is InChI=1S/C12H15N3O.C3H7NO.C3H7O4P.C2H4/c1-14-11(12(13)16)6-8-7-15-10-5-3-2-4-9(8)10;1-3(5)4-2;4-2-1-3-7-8(5)6;1-2/h2-5,7,11,14-15H,6H2,1H3,(H2,13,16);1-2H3,(H,4,5);2,5-6H,1,3H2;1-2H2/t11-;;;/m0.../s1. The monoisotopic (exact) mass is 456 g/mol. The van der Waals surface area contributed by atoms with E-state index in [2.05, 4.69) is 33.3 Å². The summed E-state index contributed by atoms with van der Waals surface area (Å²) < 4.78 is 4.23. The molecule has 31 heavy (non-hydrogen) atoms. The topological polar surface area (TPSA) is 167 Å². The lowest BCUT2D eigenvalue weighted by molar-refractivity contribution is -0.120. The highest BCUT2D eigenvalue weighted by Crippen LogP contribution is 2.23. The van der Waals surface area contributed by atoms with E-state index in [-0.39, 0.29) is 30.9 Å². The highest BCUT2D eigenvalue weighted by atomic mass is 31.2. The highest BCUT2D eigenvalue weighted by Gasteiger charge is 2.15. The number of carbonyl (C=O) groups excluding carboxylic acids is 3. The third-order valence-electron chi connectivity index (χ3n) is 3.59. The average Bonchev–Trinajstić information content (AvgIpc) is 3.17. The van der Waals surface area contributed by atoms with Crippen LogP contribution in [0.3, 0.4) is 0 Å². The van der Waals surface area contributed by atoms with E-state index in [1.54, 1.807) is 14.1 Å². The number of likely N-dealkylation sites (N-methyl/N-ethyl adjacent to an activating group) is 1. The Balaban J connectivity index is 0. The largest absolute Gasteiger partial charge is 0.368 e. The number of hydrogen-bond acceptors (Lipinski definition) is 7. The summed E-state index contributed by atoms with van der Waals surface area (Å²) in [6.45, 7) is 7.56. The zero-order valence-electron chi connectivity index (χ0n) is 18.1. The van der Waals surface area contributed by atoms with Crippen molar-refractivity contribution in [2.75, 3.05) is 20.7 Å². The second kappa shape index (κ2) is 19.3. The van der Waals surface area contributed by atoms with E-state index in [0.717, 1.165) is 16.5 Å². The van der Waals surface area contributed by atoms with Gasteiger partial charge in [0, 0.05) is 37.5 Å². The molecule has 1 heterocycles. The smallest absolute Gasteiger partial charge is 0.327 e. The number of para-hydroxylation sites is 1. The molecule has 10 nitrogen and oxygen atoms in total. The van der Waals surface area contributed by atoms with Gasteiger partial charge in [0.15, 0.2) is 0 Å². The van der Waals surface area contributed by atoms with Crippen LogP contribution in [0, 0.1) is 0 Å². The molecule has 0 unspecified atom stereocenters. The summed E-state index contributed by atoms with van der Waals surface area (Å²) in [5.74, 6) is -0.321. The fourth-order valence-electron chi connectivity index (χ4n) is 2.05.